The van der Waals surface area contributed by atoms with Crippen LogP contribution >= 0.6 is 0 Å². The molecule has 1 aromatic carbocycles. The van der Waals surface area contributed by atoms with E-state index >= 15 is 0 Å². The number of pyridine rings is 1. The molecule has 0 aliphatic heterocycles. The van der Waals surface area contributed by atoms with Gasteiger partial charge >= 0.3 is 0 Å². The van der Waals surface area contributed by atoms with E-state index in [9.17, 15) is 9.18 Å². The van der Waals surface area contributed by atoms with Gasteiger partial charge < -0.3 is 9.42 Å². The van der Waals surface area contributed by atoms with Gasteiger partial charge in [0.05, 0.1) is 12.2 Å². The predicted octanol–water partition coefficient (Wildman–Crippen LogP) is 3.78. The summed E-state index contributed by atoms with van der Waals surface area (Å²) in [6, 6.07) is 12.0. The first-order valence-corrected chi connectivity index (χ1v) is 9.47. The molecular formula is C21H21FN4O2. The summed E-state index contributed by atoms with van der Waals surface area (Å²) in [6.07, 6.45) is 5.46. The molecule has 6 nitrogen and oxygen atoms in total. The van der Waals surface area contributed by atoms with Crippen LogP contribution in [0.25, 0.3) is 11.4 Å². The molecule has 4 rings (SSSR count). The Hall–Kier alpha value is -3.09. The maximum absolute atomic E-state index is 13.0. The summed E-state index contributed by atoms with van der Waals surface area (Å²) >= 11 is 0. The third-order valence-electron chi connectivity index (χ3n) is 4.72. The molecule has 0 bridgehead atoms. The van der Waals surface area contributed by atoms with E-state index in [4.69, 9.17) is 4.52 Å². The van der Waals surface area contributed by atoms with Gasteiger partial charge in [-0.3, -0.25) is 9.78 Å². The van der Waals surface area contributed by atoms with Gasteiger partial charge in [-0.2, -0.15) is 4.98 Å². The second-order valence-corrected chi connectivity index (χ2v) is 6.95. The van der Waals surface area contributed by atoms with E-state index in [1.54, 1.807) is 18.3 Å². The highest BCUT2D eigenvalue weighted by molar-refractivity contribution is 5.76. The molecule has 1 amide bonds. The zero-order valence-electron chi connectivity index (χ0n) is 15.4. The molecule has 1 aliphatic rings. The quantitative estimate of drug-likeness (QED) is 0.595. The highest BCUT2D eigenvalue weighted by atomic mass is 19.1. The molecule has 3 aromatic rings. The first-order chi connectivity index (χ1) is 13.7. The van der Waals surface area contributed by atoms with Gasteiger partial charge in [-0.25, -0.2) is 4.39 Å². The van der Waals surface area contributed by atoms with Crippen LogP contribution in [0.15, 0.2) is 53.2 Å². The number of rotatable bonds is 8. The summed E-state index contributed by atoms with van der Waals surface area (Å²) in [4.78, 5) is 23.3. The summed E-state index contributed by atoms with van der Waals surface area (Å²) < 4.78 is 18.3. The van der Waals surface area contributed by atoms with Crippen LogP contribution in [-0.4, -0.2) is 32.0 Å². The standard InChI is InChI=1S/C21H21FN4O2/c22-16-9-7-15(8-10-16)21-24-19(28-25-21)5-3-6-20(27)26(18-11-12-18)14-17-4-1-2-13-23-17/h1-2,4,7-10,13,18H,3,5-6,11-12,14H2. The molecule has 0 N–H and O–H groups in total. The van der Waals surface area contributed by atoms with E-state index in [2.05, 4.69) is 15.1 Å². The molecule has 1 saturated carbocycles. The maximum atomic E-state index is 13.0. The number of hydrogen-bond acceptors (Lipinski definition) is 5. The lowest BCUT2D eigenvalue weighted by atomic mass is 10.2. The fraction of sp³-hybridized carbons (Fsp3) is 0.333. The van der Waals surface area contributed by atoms with Gasteiger partial charge in [-0.05, 0) is 55.7 Å². The molecule has 1 aliphatic carbocycles. The zero-order chi connectivity index (χ0) is 19.3. The van der Waals surface area contributed by atoms with E-state index in [-0.39, 0.29) is 11.7 Å². The van der Waals surface area contributed by atoms with E-state index in [1.807, 2.05) is 23.1 Å². The van der Waals surface area contributed by atoms with Crippen molar-refractivity contribution in [3.8, 4) is 11.4 Å². The Morgan fingerprint density at radius 2 is 2.00 bits per heavy atom. The van der Waals surface area contributed by atoms with Crippen LogP contribution in [0.1, 0.15) is 37.3 Å². The lowest BCUT2D eigenvalue weighted by molar-refractivity contribution is -0.132. The predicted molar refractivity (Wildman–Crippen MR) is 100 cm³/mol. The normalized spacial score (nSPS) is 13.5. The summed E-state index contributed by atoms with van der Waals surface area (Å²) in [7, 11) is 0. The molecule has 144 valence electrons. The fourth-order valence-corrected chi connectivity index (χ4v) is 3.08. The van der Waals surface area contributed by atoms with Gasteiger partial charge in [0.1, 0.15) is 5.82 Å². The molecule has 28 heavy (non-hydrogen) atoms. The number of benzene rings is 1. The van der Waals surface area contributed by atoms with Gasteiger partial charge in [0, 0.05) is 30.6 Å². The summed E-state index contributed by atoms with van der Waals surface area (Å²) in [6.45, 7) is 0.555. The topological polar surface area (TPSA) is 72.1 Å². The molecule has 1 fully saturated rings. The monoisotopic (exact) mass is 380 g/mol. The molecule has 0 spiro atoms. The highest BCUT2D eigenvalue weighted by Crippen LogP contribution is 2.29. The summed E-state index contributed by atoms with van der Waals surface area (Å²) in [5, 5.41) is 3.93. The average molecular weight is 380 g/mol. The third-order valence-corrected chi connectivity index (χ3v) is 4.72. The van der Waals surface area contributed by atoms with Crippen LogP contribution in [0.2, 0.25) is 0 Å². The Balaban J connectivity index is 1.30. The van der Waals surface area contributed by atoms with Gasteiger partial charge in [-0.1, -0.05) is 11.2 Å². The molecule has 2 heterocycles. The largest absolute Gasteiger partial charge is 0.339 e. The van der Waals surface area contributed by atoms with Crippen molar-refractivity contribution in [2.24, 2.45) is 0 Å². The molecule has 0 saturated heterocycles. The number of nitrogens with zero attached hydrogens (tertiary/aromatic N) is 4. The van der Waals surface area contributed by atoms with Crippen LogP contribution in [-0.2, 0) is 17.8 Å². The van der Waals surface area contributed by atoms with Crippen molar-refractivity contribution in [2.75, 3.05) is 0 Å². The van der Waals surface area contributed by atoms with Crippen molar-refractivity contribution in [1.82, 2.24) is 20.0 Å². The van der Waals surface area contributed by atoms with Crippen LogP contribution in [0.5, 0.6) is 0 Å². The Kier molecular flexibility index (Phi) is 5.41. The number of hydrogen-bond donors (Lipinski definition) is 0. The van der Waals surface area contributed by atoms with E-state index < -0.39 is 0 Å². The first kappa shape index (κ1) is 18.3. The SMILES string of the molecule is O=C(CCCc1nc(-c2ccc(F)cc2)no1)N(Cc1ccccn1)C1CC1. The van der Waals surface area contributed by atoms with Crippen molar-refractivity contribution in [3.05, 3.63) is 66.1 Å². The van der Waals surface area contributed by atoms with E-state index in [0.717, 1.165) is 18.5 Å². The van der Waals surface area contributed by atoms with Crippen molar-refractivity contribution < 1.29 is 13.7 Å². The maximum Gasteiger partial charge on any atom is 0.226 e. The molecule has 0 atom stereocenters. The van der Waals surface area contributed by atoms with E-state index in [1.165, 1.54) is 12.1 Å². The van der Waals surface area contributed by atoms with Crippen molar-refractivity contribution >= 4 is 5.91 Å². The second kappa shape index (κ2) is 8.29. The van der Waals surface area contributed by atoms with Gasteiger partial charge in [0.2, 0.25) is 17.6 Å². The Labute approximate surface area is 162 Å². The number of aryl methyl sites for hydroxylation is 1. The molecular weight excluding hydrogens is 359 g/mol. The van der Waals surface area contributed by atoms with Gasteiger partial charge in [0.15, 0.2) is 0 Å². The lowest BCUT2D eigenvalue weighted by Gasteiger charge is -2.22. The first-order valence-electron chi connectivity index (χ1n) is 9.47. The summed E-state index contributed by atoms with van der Waals surface area (Å²) in [5.74, 6) is 0.731. The molecule has 0 unspecified atom stereocenters. The smallest absolute Gasteiger partial charge is 0.226 e. The Morgan fingerprint density at radius 3 is 2.71 bits per heavy atom. The van der Waals surface area contributed by atoms with Crippen molar-refractivity contribution in [2.45, 2.75) is 44.7 Å². The summed E-state index contributed by atoms with van der Waals surface area (Å²) in [5.41, 5.74) is 1.60. The van der Waals surface area contributed by atoms with Crippen LogP contribution in [0, 0.1) is 5.82 Å². The number of aromatic nitrogens is 3. The van der Waals surface area contributed by atoms with Crippen molar-refractivity contribution in [1.29, 1.82) is 0 Å². The van der Waals surface area contributed by atoms with Gasteiger partial charge in [-0.15, -0.1) is 0 Å². The highest BCUT2D eigenvalue weighted by Gasteiger charge is 2.32. The fourth-order valence-electron chi connectivity index (χ4n) is 3.08. The van der Waals surface area contributed by atoms with Gasteiger partial charge in [0.25, 0.3) is 0 Å². The van der Waals surface area contributed by atoms with Crippen LogP contribution < -0.4 is 0 Å². The minimum absolute atomic E-state index is 0.131. The molecule has 0 radical (unpaired) electrons. The van der Waals surface area contributed by atoms with Crippen LogP contribution in [0.4, 0.5) is 4.39 Å². The third kappa shape index (κ3) is 4.60. The minimum atomic E-state index is -0.308. The molecule has 7 heteroatoms. The zero-order valence-corrected chi connectivity index (χ0v) is 15.4. The number of carbonyl (C=O) groups is 1. The van der Waals surface area contributed by atoms with Crippen LogP contribution in [0.3, 0.4) is 0 Å². The minimum Gasteiger partial charge on any atom is -0.339 e. The van der Waals surface area contributed by atoms with Crippen molar-refractivity contribution in [3.63, 3.8) is 0 Å². The Morgan fingerprint density at radius 1 is 1.18 bits per heavy atom. The Bertz CT molecular complexity index is 923. The number of carbonyl (C=O) groups excluding carboxylic acids is 1. The average Bonchev–Trinajstić information content (AvgIpc) is 3.45. The number of halogens is 1. The number of amides is 1. The molecule has 2 aromatic heterocycles. The second-order valence-electron chi connectivity index (χ2n) is 6.95. The van der Waals surface area contributed by atoms with E-state index in [0.29, 0.717) is 49.1 Å². The lowest BCUT2D eigenvalue weighted by Crippen LogP contribution is -2.32.